The molecule has 1 aromatic rings. The van der Waals surface area contributed by atoms with Crippen molar-refractivity contribution >= 4 is 25.6 Å². The van der Waals surface area contributed by atoms with Gasteiger partial charge >= 0.3 is 19.8 Å². The molecule has 0 atom stereocenters. The maximum Gasteiger partial charge on any atom is 3.00 e. The molecule has 0 saturated carbocycles. The first kappa shape index (κ1) is 9.39. The number of hydrogen-bond donors (Lipinski definition) is 1. The summed E-state index contributed by atoms with van der Waals surface area (Å²) in [5.74, 6) is -0.338. The Morgan fingerprint density at radius 1 is 1.70 bits per heavy atom. The van der Waals surface area contributed by atoms with Crippen molar-refractivity contribution in [3.05, 3.63) is 18.1 Å². The van der Waals surface area contributed by atoms with Crippen LogP contribution in [0.1, 0.15) is 17.5 Å². The van der Waals surface area contributed by atoms with E-state index < -0.39 is 0 Å². The minimum absolute atomic E-state index is 0. The summed E-state index contributed by atoms with van der Waals surface area (Å²) in [4.78, 5) is 10.5. The molecule has 48 valence electrons. The monoisotopic (exact) mass is 195 g/mol. The molecule has 0 bridgehead atoms. The van der Waals surface area contributed by atoms with Crippen LogP contribution < -0.4 is 0 Å². The summed E-state index contributed by atoms with van der Waals surface area (Å²) in [6, 6.07) is 1.33. The molecule has 0 aliphatic carbocycles. The predicted molar refractivity (Wildman–Crippen MR) is 36.1 cm³/mol. The third kappa shape index (κ3) is 1.68. The Morgan fingerprint density at radius 2 is 2.30 bits per heavy atom. The van der Waals surface area contributed by atoms with Gasteiger partial charge in [0.1, 0.15) is 0 Å². The molecule has 10 heavy (non-hydrogen) atoms. The van der Waals surface area contributed by atoms with E-state index >= 15 is 0 Å². The summed E-state index contributed by atoms with van der Waals surface area (Å²) in [5, 5.41) is 8.81. The smallest absolute Gasteiger partial charge is 0.504 e. The summed E-state index contributed by atoms with van der Waals surface area (Å²) < 4.78 is 4.63. The van der Waals surface area contributed by atoms with Crippen LogP contribution in [0, 0.1) is 0 Å². The summed E-state index contributed by atoms with van der Waals surface area (Å²) in [6.45, 7) is 1.33. The molecular weight excluding hydrogens is 190 g/mol. The van der Waals surface area contributed by atoms with Gasteiger partial charge in [-0.2, -0.15) is 0 Å². The standard InChI is InChI=1S/C6H6O3.Ga/c1-4(7)6-5(8)2-3-9-6;/h2-3,8H,1H3;/q;+3. The van der Waals surface area contributed by atoms with Crippen LogP contribution in [0.15, 0.2) is 16.7 Å². The Hall–Kier alpha value is -0.614. The SMILES string of the molecule is CC(=O)c1occc1O.[Ga+3]. The number of carbonyl (C=O) groups is 1. The van der Waals surface area contributed by atoms with Gasteiger partial charge in [-0.15, -0.1) is 0 Å². The molecule has 1 aromatic heterocycles. The Labute approximate surface area is 71.1 Å². The normalized spacial score (nSPS) is 8.50. The van der Waals surface area contributed by atoms with Crippen LogP contribution in [0.5, 0.6) is 5.75 Å². The largest absolute Gasteiger partial charge is 3.00 e. The zero-order valence-electron chi connectivity index (χ0n) is 5.50. The third-order valence-electron chi connectivity index (χ3n) is 0.964. The number of aromatic hydroxyl groups is 1. The molecule has 0 saturated heterocycles. The average Bonchev–Trinajstić information content (AvgIpc) is 2.13. The molecule has 0 aromatic carbocycles. The Bertz CT molecular complexity index is 229. The predicted octanol–water partition coefficient (Wildman–Crippen LogP) is 0.807. The van der Waals surface area contributed by atoms with E-state index in [9.17, 15) is 4.79 Å². The van der Waals surface area contributed by atoms with Crippen molar-refractivity contribution in [1.29, 1.82) is 0 Å². The second kappa shape index (κ2) is 3.53. The van der Waals surface area contributed by atoms with Gasteiger partial charge in [-0.1, -0.05) is 0 Å². The van der Waals surface area contributed by atoms with Gasteiger partial charge in [-0.05, 0) is 0 Å². The van der Waals surface area contributed by atoms with E-state index in [1.165, 1.54) is 19.3 Å². The Balaban J connectivity index is 0.000000810. The van der Waals surface area contributed by atoms with Crippen LogP contribution in [0.3, 0.4) is 0 Å². The molecule has 1 rings (SSSR count). The van der Waals surface area contributed by atoms with E-state index in [0.29, 0.717) is 0 Å². The third-order valence-corrected chi connectivity index (χ3v) is 0.964. The number of carbonyl (C=O) groups excluding carboxylic acids is 1. The van der Waals surface area contributed by atoms with Gasteiger partial charge in [0.05, 0.1) is 6.26 Å². The zero-order valence-corrected chi connectivity index (χ0v) is 7.92. The van der Waals surface area contributed by atoms with Crippen molar-refractivity contribution in [3.8, 4) is 5.75 Å². The van der Waals surface area contributed by atoms with E-state index in [2.05, 4.69) is 4.42 Å². The fraction of sp³-hybridized carbons (Fsp3) is 0.167. The Kier molecular flexibility index (Phi) is 3.31. The van der Waals surface area contributed by atoms with Gasteiger partial charge in [-0.25, -0.2) is 0 Å². The van der Waals surface area contributed by atoms with Crippen LogP contribution in [-0.4, -0.2) is 30.7 Å². The van der Waals surface area contributed by atoms with Gasteiger partial charge in [0.15, 0.2) is 11.5 Å². The van der Waals surface area contributed by atoms with Crippen LogP contribution in [0.2, 0.25) is 0 Å². The van der Waals surface area contributed by atoms with Gasteiger partial charge in [-0.3, -0.25) is 4.79 Å². The van der Waals surface area contributed by atoms with Gasteiger partial charge in [0, 0.05) is 13.0 Å². The number of furan rings is 1. The summed E-state index contributed by atoms with van der Waals surface area (Å²) in [7, 11) is 0. The first-order valence-electron chi connectivity index (χ1n) is 2.49. The average molecular weight is 196 g/mol. The van der Waals surface area contributed by atoms with Crippen LogP contribution >= 0.6 is 0 Å². The molecule has 0 radical (unpaired) electrons. The molecular formula is C6H6GaO3+3. The van der Waals surface area contributed by atoms with Gasteiger partial charge in [0.2, 0.25) is 5.76 Å². The fourth-order valence-corrected chi connectivity index (χ4v) is 0.566. The molecule has 0 amide bonds. The Morgan fingerprint density at radius 3 is 2.50 bits per heavy atom. The van der Waals surface area contributed by atoms with Crippen LogP contribution in [0.25, 0.3) is 0 Å². The minimum Gasteiger partial charge on any atom is -0.504 e. The molecule has 3 nitrogen and oxygen atoms in total. The molecule has 0 fully saturated rings. The molecule has 0 aliphatic rings. The number of ketones is 1. The van der Waals surface area contributed by atoms with Crippen molar-refractivity contribution in [2.75, 3.05) is 0 Å². The molecule has 1 heterocycles. The van der Waals surface area contributed by atoms with E-state index in [1.807, 2.05) is 0 Å². The number of hydrogen-bond acceptors (Lipinski definition) is 3. The number of Topliss-reactive ketones (excluding diaryl/α,β-unsaturated/α-hetero) is 1. The summed E-state index contributed by atoms with van der Waals surface area (Å²) >= 11 is 0. The molecule has 0 aliphatic heterocycles. The topological polar surface area (TPSA) is 50.4 Å². The quantitative estimate of drug-likeness (QED) is 0.533. The first-order valence-corrected chi connectivity index (χ1v) is 2.49. The maximum absolute atomic E-state index is 10.5. The van der Waals surface area contributed by atoms with Crippen molar-refractivity contribution in [3.63, 3.8) is 0 Å². The van der Waals surface area contributed by atoms with E-state index in [-0.39, 0.29) is 37.1 Å². The van der Waals surface area contributed by atoms with E-state index in [4.69, 9.17) is 5.11 Å². The molecule has 1 N–H and O–H groups in total. The van der Waals surface area contributed by atoms with Crippen LogP contribution in [-0.2, 0) is 0 Å². The fourth-order valence-electron chi connectivity index (χ4n) is 0.566. The van der Waals surface area contributed by atoms with Crippen LogP contribution in [0.4, 0.5) is 0 Å². The zero-order chi connectivity index (χ0) is 6.85. The summed E-state index contributed by atoms with van der Waals surface area (Å²) in [6.07, 6.45) is 1.27. The van der Waals surface area contributed by atoms with E-state index in [1.54, 1.807) is 0 Å². The summed E-state index contributed by atoms with van der Waals surface area (Å²) in [5.41, 5.74) is 0. The van der Waals surface area contributed by atoms with Crippen molar-refractivity contribution in [2.24, 2.45) is 0 Å². The molecule has 0 unspecified atom stereocenters. The minimum atomic E-state index is -0.266. The first-order chi connectivity index (χ1) is 4.22. The second-order valence-corrected chi connectivity index (χ2v) is 1.69. The molecule has 0 spiro atoms. The number of rotatable bonds is 1. The van der Waals surface area contributed by atoms with Crippen molar-refractivity contribution < 1.29 is 14.3 Å². The van der Waals surface area contributed by atoms with Gasteiger partial charge < -0.3 is 9.52 Å². The maximum atomic E-state index is 10.5. The van der Waals surface area contributed by atoms with Gasteiger partial charge in [0.25, 0.3) is 0 Å². The van der Waals surface area contributed by atoms with Crippen molar-refractivity contribution in [2.45, 2.75) is 6.92 Å². The second-order valence-electron chi connectivity index (χ2n) is 1.69. The van der Waals surface area contributed by atoms with Crippen molar-refractivity contribution in [1.82, 2.24) is 0 Å². The van der Waals surface area contributed by atoms with E-state index in [0.717, 1.165) is 0 Å². The molecule has 4 heteroatoms.